The highest BCUT2D eigenvalue weighted by atomic mass is 16.4. The lowest BCUT2D eigenvalue weighted by atomic mass is 9.85. The van der Waals surface area contributed by atoms with Crippen molar-refractivity contribution >= 4 is 5.97 Å². The van der Waals surface area contributed by atoms with Gasteiger partial charge >= 0.3 is 5.97 Å². The predicted octanol–water partition coefficient (Wildman–Crippen LogP) is 4.09. The fourth-order valence-corrected chi connectivity index (χ4v) is 2.18. The average molecular weight is 214 g/mol. The summed E-state index contributed by atoms with van der Waals surface area (Å²) >= 11 is 0. The van der Waals surface area contributed by atoms with Gasteiger partial charge in [-0.25, -0.2) is 0 Å². The van der Waals surface area contributed by atoms with Gasteiger partial charge in [0, 0.05) is 6.42 Å². The molecule has 0 aromatic rings. The van der Waals surface area contributed by atoms with Crippen LogP contribution in [0.15, 0.2) is 0 Å². The first-order valence-corrected chi connectivity index (χ1v) is 6.35. The fraction of sp³-hybridized carbons (Fsp3) is 0.923. The van der Waals surface area contributed by atoms with Crippen LogP contribution in [0.4, 0.5) is 0 Å². The van der Waals surface area contributed by atoms with Crippen molar-refractivity contribution in [2.45, 2.75) is 65.7 Å². The van der Waals surface area contributed by atoms with Crippen LogP contribution < -0.4 is 0 Å². The van der Waals surface area contributed by atoms with E-state index in [1.807, 2.05) is 0 Å². The Balaban J connectivity index is 3.88. The number of hydrogen-bond acceptors (Lipinski definition) is 1. The van der Waals surface area contributed by atoms with Crippen molar-refractivity contribution in [3.8, 4) is 0 Å². The normalized spacial score (nSPS) is 14.9. The van der Waals surface area contributed by atoms with E-state index in [2.05, 4.69) is 20.8 Å². The molecule has 2 nitrogen and oxygen atoms in total. The topological polar surface area (TPSA) is 37.3 Å². The molecule has 0 spiro atoms. The Morgan fingerprint density at radius 2 is 1.60 bits per heavy atom. The molecular weight excluding hydrogens is 188 g/mol. The van der Waals surface area contributed by atoms with Crippen LogP contribution in [0.3, 0.4) is 0 Å². The minimum Gasteiger partial charge on any atom is -0.481 e. The van der Waals surface area contributed by atoms with Gasteiger partial charge in [-0.2, -0.15) is 0 Å². The van der Waals surface area contributed by atoms with E-state index >= 15 is 0 Å². The molecule has 15 heavy (non-hydrogen) atoms. The smallest absolute Gasteiger partial charge is 0.303 e. The maximum atomic E-state index is 10.5. The highest BCUT2D eigenvalue weighted by Gasteiger charge is 2.14. The number of aliphatic carboxylic acids is 1. The summed E-state index contributed by atoms with van der Waals surface area (Å²) in [5, 5.41) is 8.65. The molecule has 2 heteroatoms. The highest BCUT2D eigenvalue weighted by molar-refractivity contribution is 5.66. The molecule has 0 saturated heterocycles. The van der Waals surface area contributed by atoms with Crippen molar-refractivity contribution in [1.82, 2.24) is 0 Å². The lowest BCUT2D eigenvalue weighted by molar-refractivity contribution is -0.137. The van der Waals surface area contributed by atoms with E-state index in [0.717, 1.165) is 18.8 Å². The molecule has 0 radical (unpaired) electrons. The maximum absolute atomic E-state index is 10.5. The van der Waals surface area contributed by atoms with Gasteiger partial charge in [0.2, 0.25) is 0 Å². The molecule has 90 valence electrons. The van der Waals surface area contributed by atoms with Gasteiger partial charge in [0.25, 0.3) is 0 Å². The van der Waals surface area contributed by atoms with Gasteiger partial charge in [-0.15, -0.1) is 0 Å². The highest BCUT2D eigenvalue weighted by Crippen LogP contribution is 2.25. The van der Waals surface area contributed by atoms with Crippen LogP contribution in [0.5, 0.6) is 0 Å². The van der Waals surface area contributed by atoms with E-state index in [-0.39, 0.29) is 0 Å². The summed E-state index contributed by atoms with van der Waals surface area (Å²) in [6.07, 6.45) is 7.29. The minimum absolute atomic E-state index is 0.334. The van der Waals surface area contributed by atoms with Gasteiger partial charge in [0.1, 0.15) is 0 Å². The van der Waals surface area contributed by atoms with Crippen LogP contribution in [-0.4, -0.2) is 11.1 Å². The van der Waals surface area contributed by atoms with E-state index in [1.54, 1.807) is 0 Å². The zero-order chi connectivity index (χ0) is 11.7. The number of carboxylic acids is 1. The van der Waals surface area contributed by atoms with Crippen LogP contribution in [0.2, 0.25) is 0 Å². The third-order valence-electron chi connectivity index (χ3n) is 3.28. The number of rotatable bonds is 9. The molecule has 0 bridgehead atoms. The Hall–Kier alpha value is -0.530. The van der Waals surface area contributed by atoms with Crippen LogP contribution in [0, 0.1) is 11.8 Å². The summed E-state index contributed by atoms with van der Waals surface area (Å²) in [5.41, 5.74) is 0. The molecule has 0 amide bonds. The molecule has 0 rings (SSSR count). The minimum atomic E-state index is -0.656. The number of carbonyl (C=O) groups is 1. The van der Waals surface area contributed by atoms with Crippen LogP contribution >= 0.6 is 0 Å². The van der Waals surface area contributed by atoms with Crippen LogP contribution in [0.25, 0.3) is 0 Å². The summed E-state index contributed by atoms with van der Waals surface area (Å²) < 4.78 is 0. The average Bonchev–Trinajstić information content (AvgIpc) is 2.22. The first-order valence-electron chi connectivity index (χ1n) is 6.35. The quantitative estimate of drug-likeness (QED) is 0.627. The molecule has 2 unspecified atom stereocenters. The maximum Gasteiger partial charge on any atom is 0.303 e. The molecular formula is C13H26O2. The second kappa shape index (κ2) is 8.75. The standard InChI is InChI=1S/C13H26O2/c1-4-7-11(5-2)10-12(6-3)8-9-13(14)15/h11-12H,4-10H2,1-3H3,(H,14,15). The predicted molar refractivity (Wildman–Crippen MR) is 64.0 cm³/mol. The van der Waals surface area contributed by atoms with Crippen molar-refractivity contribution in [3.63, 3.8) is 0 Å². The van der Waals surface area contributed by atoms with Gasteiger partial charge in [-0.05, 0) is 24.7 Å². The van der Waals surface area contributed by atoms with Gasteiger partial charge in [0.15, 0.2) is 0 Å². The Morgan fingerprint density at radius 3 is 2.00 bits per heavy atom. The Kier molecular flexibility index (Phi) is 8.44. The van der Waals surface area contributed by atoms with E-state index in [9.17, 15) is 4.79 Å². The molecule has 0 saturated carbocycles. The summed E-state index contributed by atoms with van der Waals surface area (Å²) in [7, 11) is 0. The van der Waals surface area contributed by atoms with Crippen molar-refractivity contribution in [1.29, 1.82) is 0 Å². The molecule has 0 heterocycles. The van der Waals surface area contributed by atoms with Gasteiger partial charge in [0.05, 0.1) is 0 Å². The summed E-state index contributed by atoms with van der Waals surface area (Å²) in [4.78, 5) is 10.5. The third kappa shape index (κ3) is 7.40. The second-order valence-electron chi connectivity index (χ2n) is 4.51. The van der Waals surface area contributed by atoms with Crippen LogP contribution in [-0.2, 0) is 4.79 Å². The SMILES string of the molecule is CCCC(CC)CC(CC)CCC(=O)O. The summed E-state index contributed by atoms with van der Waals surface area (Å²) in [6.45, 7) is 6.64. The molecule has 1 N–H and O–H groups in total. The number of hydrogen-bond donors (Lipinski definition) is 1. The molecule has 0 aliphatic carbocycles. The van der Waals surface area contributed by atoms with E-state index in [0.29, 0.717) is 12.3 Å². The summed E-state index contributed by atoms with van der Waals surface area (Å²) in [6, 6.07) is 0. The first kappa shape index (κ1) is 14.5. The zero-order valence-electron chi connectivity index (χ0n) is 10.5. The molecule has 0 fully saturated rings. The van der Waals surface area contributed by atoms with Gasteiger partial charge in [-0.1, -0.05) is 46.5 Å². The van der Waals surface area contributed by atoms with Gasteiger partial charge < -0.3 is 5.11 Å². The fourth-order valence-electron chi connectivity index (χ4n) is 2.18. The van der Waals surface area contributed by atoms with Crippen molar-refractivity contribution in [3.05, 3.63) is 0 Å². The molecule has 0 aromatic carbocycles. The largest absolute Gasteiger partial charge is 0.481 e. The summed E-state index contributed by atoms with van der Waals surface area (Å²) in [5.74, 6) is 0.753. The lowest BCUT2D eigenvalue weighted by Gasteiger charge is -2.20. The van der Waals surface area contributed by atoms with Crippen molar-refractivity contribution in [2.24, 2.45) is 11.8 Å². The number of carboxylic acid groups (broad SMARTS) is 1. The van der Waals surface area contributed by atoms with E-state index < -0.39 is 5.97 Å². The van der Waals surface area contributed by atoms with Crippen molar-refractivity contribution < 1.29 is 9.90 Å². The third-order valence-corrected chi connectivity index (χ3v) is 3.28. The van der Waals surface area contributed by atoms with Gasteiger partial charge in [-0.3, -0.25) is 4.79 Å². The molecule has 0 aliphatic rings. The van der Waals surface area contributed by atoms with Crippen LogP contribution in [0.1, 0.15) is 65.7 Å². The van der Waals surface area contributed by atoms with E-state index in [1.165, 1.54) is 25.7 Å². The first-order chi connectivity index (χ1) is 7.13. The molecule has 0 aromatic heterocycles. The lowest BCUT2D eigenvalue weighted by Crippen LogP contribution is -2.10. The second-order valence-corrected chi connectivity index (χ2v) is 4.51. The Labute approximate surface area is 94.1 Å². The van der Waals surface area contributed by atoms with E-state index in [4.69, 9.17) is 5.11 Å². The molecule has 2 atom stereocenters. The monoisotopic (exact) mass is 214 g/mol. The zero-order valence-corrected chi connectivity index (χ0v) is 10.5. The van der Waals surface area contributed by atoms with Crippen molar-refractivity contribution in [2.75, 3.05) is 0 Å². The Morgan fingerprint density at radius 1 is 1.07 bits per heavy atom. The Bertz CT molecular complexity index is 166. The molecule has 0 aliphatic heterocycles.